The molecule has 0 aliphatic carbocycles. The summed E-state index contributed by atoms with van der Waals surface area (Å²) in [5, 5.41) is 0. The van der Waals surface area contributed by atoms with E-state index in [1.165, 1.54) is 17.0 Å². The summed E-state index contributed by atoms with van der Waals surface area (Å²) in [4.78, 5) is 29.9. The van der Waals surface area contributed by atoms with Crippen LogP contribution in [0, 0.1) is 12.7 Å². The maximum atomic E-state index is 12.9. The van der Waals surface area contributed by atoms with Crippen LogP contribution in [-0.2, 0) is 16.1 Å². The third-order valence-corrected chi connectivity index (χ3v) is 3.99. The van der Waals surface area contributed by atoms with Gasteiger partial charge in [-0.25, -0.2) is 14.2 Å². The van der Waals surface area contributed by atoms with Crippen LogP contribution in [0.25, 0.3) is 5.65 Å². The molecule has 0 N–H and O–H groups in total. The molecule has 1 aromatic carbocycles. The van der Waals surface area contributed by atoms with Gasteiger partial charge >= 0.3 is 5.97 Å². The molecule has 0 aliphatic rings. The molecule has 1 amide bonds. The number of halogens is 1. The number of aromatic nitrogens is 2. The number of hydrogen-bond acceptors (Lipinski definition) is 4. The summed E-state index contributed by atoms with van der Waals surface area (Å²) in [6.07, 6.45) is 1.58. The van der Waals surface area contributed by atoms with Crippen molar-refractivity contribution in [3.63, 3.8) is 0 Å². The minimum Gasteiger partial charge on any atom is -0.451 e. The summed E-state index contributed by atoms with van der Waals surface area (Å²) >= 11 is 0. The molecule has 134 valence electrons. The van der Waals surface area contributed by atoms with E-state index in [1.54, 1.807) is 35.8 Å². The average Bonchev–Trinajstić information content (AvgIpc) is 3.07. The van der Waals surface area contributed by atoms with Crippen molar-refractivity contribution < 1.29 is 18.7 Å². The third kappa shape index (κ3) is 3.88. The Labute approximate surface area is 149 Å². The minimum atomic E-state index is -0.656. The topological polar surface area (TPSA) is 63.9 Å². The molecule has 0 radical (unpaired) electrons. The molecule has 2 heterocycles. The van der Waals surface area contributed by atoms with Crippen molar-refractivity contribution in [1.82, 2.24) is 14.3 Å². The maximum absolute atomic E-state index is 12.9. The largest absolute Gasteiger partial charge is 0.451 e. The molecule has 26 heavy (non-hydrogen) atoms. The lowest BCUT2D eigenvalue weighted by molar-refractivity contribution is -0.133. The van der Waals surface area contributed by atoms with E-state index in [0.29, 0.717) is 12.2 Å². The lowest BCUT2D eigenvalue weighted by Gasteiger charge is -2.17. The second kappa shape index (κ2) is 7.35. The van der Waals surface area contributed by atoms with Crippen LogP contribution >= 0.6 is 0 Å². The van der Waals surface area contributed by atoms with Crippen LogP contribution in [-0.4, -0.2) is 39.8 Å². The molecule has 6 nitrogen and oxygen atoms in total. The molecule has 0 unspecified atom stereocenters. The van der Waals surface area contributed by atoms with E-state index in [2.05, 4.69) is 4.98 Å². The second-order valence-electron chi connectivity index (χ2n) is 5.97. The van der Waals surface area contributed by atoms with Crippen LogP contribution in [0.4, 0.5) is 4.39 Å². The predicted octanol–water partition coefficient (Wildman–Crippen LogP) is 2.60. The van der Waals surface area contributed by atoms with Crippen LogP contribution in [0.1, 0.15) is 21.7 Å². The van der Waals surface area contributed by atoms with Gasteiger partial charge in [0.25, 0.3) is 5.91 Å². The Bertz CT molecular complexity index is 950. The molecule has 0 aliphatic heterocycles. The highest BCUT2D eigenvalue weighted by Gasteiger charge is 2.16. The van der Waals surface area contributed by atoms with Crippen LogP contribution in [0.5, 0.6) is 0 Å². The van der Waals surface area contributed by atoms with E-state index in [4.69, 9.17) is 4.74 Å². The van der Waals surface area contributed by atoms with E-state index in [0.717, 1.165) is 11.3 Å². The number of benzene rings is 1. The number of rotatable bonds is 5. The van der Waals surface area contributed by atoms with Gasteiger partial charge in [0.15, 0.2) is 12.3 Å². The Kier molecular flexibility index (Phi) is 4.97. The maximum Gasteiger partial charge on any atom is 0.359 e. The Hall–Kier alpha value is -3.22. The number of fused-ring (bicyclic) bond motifs is 1. The lowest BCUT2D eigenvalue weighted by Crippen LogP contribution is -2.30. The van der Waals surface area contributed by atoms with Gasteiger partial charge in [0.1, 0.15) is 11.5 Å². The molecule has 0 atom stereocenters. The van der Waals surface area contributed by atoms with Gasteiger partial charge in [-0.1, -0.05) is 18.2 Å². The smallest absolute Gasteiger partial charge is 0.359 e. The summed E-state index contributed by atoms with van der Waals surface area (Å²) in [6, 6.07) is 11.4. The van der Waals surface area contributed by atoms with Crippen molar-refractivity contribution in [2.75, 3.05) is 13.7 Å². The molecule has 3 aromatic rings. The Morgan fingerprint density at radius 2 is 1.92 bits per heavy atom. The first kappa shape index (κ1) is 17.6. The summed E-state index contributed by atoms with van der Waals surface area (Å²) in [6.45, 7) is 1.81. The number of aryl methyl sites for hydroxylation is 1. The highest BCUT2D eigenvalue weighted by atomic mass is 19.1. The van der Waals surface area contributed by atoms with Gasteiger partial charge in [-0.2, -0.15) is 0 Å². The molecular formula is C19H18FN3O3. The zero-order valence-corrected chi connectivity index (χ0v) is 14.5. The zero-order valence-electron chi connectivity index (χ0n) is 14.5. The van der Waals surface area contributed by atoms with Crippen molar-refractivity contribution in [3.8, 4) is 0 Å². The number of ether oxygens (including phenoxy) is 1. The van der Waals surface area contributed by atoms with E-state index < -0.39 is 5.97 Å². The number of pyridine rings is 1. The van der Waals surface area contributed by atoms with Gasteiger partial charge in [-0.3, -0.25) is 4.79 Å². The SMILES string of the molecule is Cc1cccc2nc(C(=O)OCC(=O)N(C)Cc3ccc(F)cc3)cn12. The molecular weight excluding hydrogens is 337 g/mol. The monoisotopic (exact) mass is 355 g/mol. The Morgan fingerprint density at radius 3 is 2.62 bits per heavy atom. The number of carbonyl (C=O) groups excluding carboxylic acids is 2. The lowest BCUT2D eigenvalue weighted by atomic mass is 10.2. The van der Waals surface area contributed by atoms with E-state index >= 15 is 0 Å². The first-order valence-electron chi connectivity index (χ1n) is 8.04. The first-order chi connectivity index (χ1) is 12.4. The number of carbonyl (C=O) groups is 2. The average molecular weight is 355 g/mol. The number of likely N-dealkylation sites (N-methyl/N-ethyl adjacent to an activating group) is 1. The first-order valence-corrected chi connectivity index (χ1v) is 8.04. The third-order valence-electron chi connectivity index (χ3n) is 3.99. The van der Waals surface area contributed by atoms with Crippen molar-refractivity contribution >= 4 is 17.5 Å². The van der Waals surface area contributed by atoms with Gasteiger partial charge in [0.05, 0.1) is 0 Å². The van der Waals surface area contributed by atoms with Gasteiger partial charge in [0, 0.05) is 25.5 Å². The fraction of sp³-hybridized carbons (Fsp3) is 0.211. The number of hydrogen-bond donors (Lipinski definition) is 0. The van der Waals surface area contributed by atoms with Crippen molar-refractivity contribution in [2.45, 2.75) is 13.5 Å². The molecule has 0 saturated carbocycles. The Balaban J connectivity index is 1.58. The molecule has 2 aromatic heterocycles. The molecule has 3 rings (SSSR count). The van der Waals surface area contributed by atoms with Crippen LogP contribution in [0.15, 0.2) is 48.7 Å². The van der Waals surface area contributed by atoms with Gasteiger partial charge in [0.2, 0.25) is 0 Å². The fourth-order valence-electron chi connectivity index (χ4n) is 2.51. The number of esters is 1. The molecule has 0 bridgehead atoms. The molecule has 7 heteroatoms. The van der Waals surface area contributed by atoms with Crippen LogP contribution in [0.3, 0.4) is 0 Å². The molecule has 0 fully saturated rings. The van der Waals surface area contributed by atoms with Crippen molar-refractivity contribution in [2.24, 2.45) is 0 Å². The number of amides is 1. The normalized spacial score (nSPS) is 10.7. The minimum absolute atomic E-state index is 0.147. The van der Waals surface area contributed by atoms with E-state index in [9.17, 15) is 14.0 Å². The summed E-state index contributed by atoms with van der Waals surface area (Å²) in [5.41, 5.74) is 2.50. The highest BCUT2D eigenvalue weighted by molar-refractivity contribution is 5.90. The van der Waals surface area contributed by atoms with Crippen molar-refractivity contribution in [3.05, 3.63) is 71.4 Å². The highest BCUT2D eigenvalue weighted by Crippen LogP contribution is 2.10. The van der Waals surface area contributed by atoms with E-state index in [1.807, 2.05) is 19.1 Å². The molecule has 0 spiro atoms. The summed E-state index contributed by atoms with van der Waals surface area (Å²) < 4.78 is 19.8. The zero-order chi connectivity index (χ0) is 18.7. The number of nitrogens with zero attached hydrogens (tertiary/aromatic N) is 3. The Morgan fingerprint density at radius 1 is 1.19 bits per heavy atom. The summed E-state index contributed by atoms with van der Waals surface area (Å²) in [7, 11) is 1.59. The van der Waals surface area contributed by atoms with Gasteiger partial charge in [-0.05, 0) is 36.8 Å². The van der Waals surface area contributed by atoms with Crippen LogP contribution < -0.4 is 0 Å². The quantitative estimate of drug-likeness (QED) is 0.660. The fourth-order valence-corrected chi connectivity index (χ4v) is 2.51. The van der Waals surface area contributed by atoms with Gasteiger partial charge < -0.3 is 14.0 Å². The van der Waals surface area contributed by atoms with Crippen molar-refractivity contribution in [1.29, 1.82) is 0 Å². The van der Waals surface area contributed by atoms with Gasteiger partial charge in [-0.15, -0.1) is 0 Å². The van der Waals surface area contributed by atoms with Crippen LogP contribution in [0.2, 0.25) is 0 Å². The predicted molar refractivity (Wildman–Crippen MR) is 93.1 cm³/mol. The van der Waals surface area contributed by atoms with E-state index in [-0.39, 0.29) is 24.0 Å². The molecule has 0 saturated heterocycles. The number of imidazole rings is 1. The standard InChI is InChI=1S/C19H18FN3O3/c1-13-4-3-5-17-21-16(11-23(13)17)19(25)26-12-18(24)22(2)10-14-6-8-15(20)9-7-14/h3-9,11H,10,12H2,1-2H3. The second-order valence-corrected chi connectivity index (χ2v) is 5.97. The summed E-state index contributed by atoms with van der Waals surface area (Å²) in [5.74, 6) is -1.35.